The minimum atomic E-state index is -0.255. The third-order valence-corrected chi connectivity index (χ3v) is 3.32. The molecule has 1 amide bonds. The highest BCUT2D eigenvalue weighted by Gasteiger charge is 2.16. The van der Waals surface area contributed by atoms with Crippen molar-refractivity contribution < 1.29 is 13.9 Å². The van der Waals surface area contributed by atoms with E-state index in [-0.39, 0.29) is 17.1 Å². The third kappa shape index (κ3) is 4.19. The fraction of sp³-hybridized carbons (Fsp3) is 0.467. The molecule has 1 aliphatic rings. The predicted molar refractivity (Wildman–Crippen MR) is 79.3 cm³/mol. The Morgan fingerprint density at radius 3 is 2.71 bits per heavy atom. The Morgan fingerprint density at radius 2 is 2.10 bits per heavy atom. The molecule has 1 aliphatic heterocycles. The van der Waals surface area contributed by atoms with Crippen molar-refractivity contribution in [3.05, 3.63) is 34.4 Å². The fourth-order valence-electron chi connectivity index (χ4n) is 2.05. The van der Waals surface area contributed by atoms with Crippen molar-refractivity contribution in [1.82, 2.24) is 9.80 Å². The summed E-state index contributed by atoms with van der Waals surface area (Å²) in [5, 5.41) is 0. The van der Waals surface area contributed by atoms with Gasteiger partial charge in [-0.25, -0.2) is 0 Å². The Labute approximate surface area is 123 Å². The zero-order valence-electron chi connectivity index (χ0n) is 12.4. The summed E-state index contributed by atoms with van der Waals surface area (Å²) in [4.78, 5) is 27.7. The van der Waals surface area contributed by atoms with Crippen LogP contribution in [0.2, 0.25) is 0 Å². The van der Waals surface area contributed by atoms with E-state index in [1.807, 2.05) is 7.05 Å². The maximum Gasteiger partial charge on any atom is 0.246 e. The number of piperazine rings is 1. The molecule has 0 aliphatic carbocycles. The zero-order valence-corrected chi connectivity index (χ0v) is 12.4. The first-order valence-electron chi connectivity index (χ1n) is 7.01. The summed E-state index contributed by atoms with van der Waals surface area (Å²) in [7, 11) is 2.03. The molecule has 2 heterocycles. The molecule has 0 bridgehead atoms. The summed E-state index contributed by atoms with van der Waals surface area (Å²) >= 11 is 0. The molecule has 0 spiro atoms. The molecule has 1 saturated heterocycles. The van der Waals surface area contributed by atoms with Crippen LogP contribution in [0.4, 0.5) is 0 Å². The smallest absolute Gasteiger partial charge is 0.246 e. The van der Waals surface area contributed by atoms with E-state index >= 15 is 0 Å². The first-order valence-corrected chi connectivity index (χ1v) is 7.01. The molecule has 0 radical (unpaired) electrons. The molecule has 0 unspecified atom stereocenters. The number of likely N-dealkylation sites (N-methyl/N-ethyl adjacent to an activating group) is 1. The molecule has 0 atom stereocenters. The topological polar surface area (TPSA) is 63.0 Å². The SMILES string of the molecule is CCOc1coc(C=CC(=O)N2CCN(C)CC2)cc1=O. The number of amides is 1. The Bertz CT molecular complexity index is 571. The number of carbonyl (C=O) groups excluding carboxylic acids is 1. The normalized spacial score (nSPS) is 16.4. The van der Waals surface area contributed by atoms with Crippen LogP contribution in [-0.4, -0.2) is 55.5 Å². The van der Waals surface area contributed by atoms with E-state index in [2.05, 4.69) is 4.90 Å². The second-order valence-corrected chi connectivity index (χ2v) is 4.91. The average molecular weight is 292 g/mol. The van der Waals surface area contributed by atoms with Crippen LogP contribution in [0.5, 0.6) is 5.75 Å². The molecule has 2 rings (SSSR count). The van der Waals surface area contributed by atoms with Gasteiger partial charge in [-0.3, -0.25) is 9.59 Å². The molecule has 0 N–H and O–H groups in total. The van der Waals surface area contributed by atoms with Gasteiger partial charge in [0, 0.05) is 38.3 Å². The number of ether oxygens (including phenoxy) is 1. The lowest BCUT2D eigenvalue weighted by Gasteiger charge is -2.31. The average Bonchev–Trinajstić information content (AvgIpc) is 2.48. The van der Waals surface area contributed by atoms with Gasteiger partial charge in [-0.1, -0.05) is 0 Å². The molecule has 114 valence electrons. The van der Waals surface area contributed by atoms with Crippen LogP contribution in [0.3, 0.4) is 0 Å². The Kier molecular flexibility index (Phi) is 5.16. The standard InChI is InChI=1S/C15H20N2O4/c1-3-20-14-11-21-12(10-13(14)18)4-5-15(19)17-8-6-16(2)7-9-17/h4-5,10-11H,3,6-9H2,1-2H3. The van der Waals surface area contributed by atoms with Gasteiger partial charge in [0.25, 0.3) is 0 Å². The first-order chi connectivity index (χ1) is 10.1. The number of hydrogen-bond donors (Lipinski definition) is 0. The number of carbonyl (C=O) groups is 1. The Hall–Kier alpha value is -2.08. The summed E-state index contributed by atoms with van der Waals surface area (Å²) in [6, 6.07) is 1.32. The van der Waals surface area contributed by atoms with Gasteiger partial charge >= 0.3 is 0 Å². The maximum atomic E-state index is 12.0. The zero-order chi connectivity index (χ0) is 15.2. The van der Waals surface area contributed by atoms with Crippen LogP contribution in [0.15, 0.2) is 27.6 Å². The minimum absolute atomic E-state index is 0.0698. The van der Waals surface area contributed by atoms with Crippen LogP contribution >= 0.6 is 0 Å². The molecule has 6 heteroatoms. The lowest BCUT2D eigenvalue weighted by atomic mass is 10.3. The molecule has 6 nitrogen and oxygen atoms in total. The Morgan fingerprint density at radius 1 is 1.38 bits per heavy atom. The van der Waals surface area contributed by atoms with Gasteiger partial charge in [0.2, 0.25) is 17.1 Å². The van der Waals surface area contributed by atoms with Crippen LogP contribution in [-0.2, 0) is 4.79 Å². The van der Waals surface area contributed by atoms with Gasteiger partial charge in [-0.15, -0.1) is 0 Å². The summed E-state index contributed by atoms with van der Waals surface area (Å²) in [6.45, 7) is 5.37. The predicted octanol–water partition coefficient (Wildman–Crippen LogP) is 0.826. The van der Waals surface area contributed by atoms with E-state index in [0.717, 1.165) is 13.1 Å². The van der Waals surface area contributed by atoms with E-state index < -0.39 is 0 Å². The van der Waals surface area contributed by atoms with Crippen LogP contribution in [0, 0.1) is 0 Å². The molecular weight excluding hydrogens is 272 g/mol. The molecule has 1 aromatic heterocycles. The summed E-state index contributed by atoms with van der Waals surface area (Å²) in [5.41, 5.74) is -0.255. The molecule has 1 fully saturated rings. The van der Waals surface area contributed by atoms with Gasteiger partial charge < -0.3 is 19.0 Å². The van der Waals surface area contributed by atoms with Crippen molar-refractivity contribution in [3.63, 3.8) is 0 Å². The van der Waals surface area contributed by atoms with E-state index in [1.165, 1.54) is 24.5 Å². The van der Waals surface area contributed by atoms with Gasteiger partial charge in [0.15, 0.2) is 0 Å². The number of nitrogens with zero attached hydrogens (tertiary/aromatic N) is 2. The monoisotopic (exact) mass is 292 g/mol. The van der Waals surface area contributed by atoms with Gasteiger partial charge in [-0.2, -0.15) is 0 Å². The third-order valence-electron chi connectivity index (χ3n) is 3.32. The molecule has 21 heavy (non-hydrogen) atoms. The summed E-state index contributed by atoms with van der Waals surface area (Å²) in [5.74, 6) is 0.450. The lowest BCUT2D eigenvalue weighted by Crippen LogP contribution is -2.46. The van der Waals surface area contributed by atoms with Crippen molar-refractivity contribution in [1.29, 1.82) is 0 Å². The summed E-state index contributed by atoms with van der Waals surface area (Å²) in [6.07, 6.45) is 4.22. The van der Waals surface area contributed by atoms with E-state index in [9.17, 15) is 9.59 Å². The van der Waals surface area contributed by atoms with Crippen LogP contribution < -0.4 is 10.2 Å². The summed E-state index contributed by atoms with van der Waals surface area (Å²) < 4.78 is 10.4. The largest absolute Gasteiger partial charge is 0.487 e. The highest BCUT2D eigenvalue weighted by molar-refractivity contribution is 5.91. The minimum Gasteiger partial charge on any atom is -0.487 e. The molecule has 0 aromatic carbocycles. The van der Waals surface area contributed by atoms with E-state index in [0.29, 0.717) is 25.5 Å². The van der Waals surface area contributed by atoms with E-state index in [4.69, 9.17) is 9.15 Å². The van der Waals surface area contributed by atoms with Gasteiger partial charge in [0.1, 0.15) is 12.0 Å². The van der Waals surface area contributed by atoms with Crippen molar-refractivity contribution in [2.75, 3.05) is 39.8 Å². The Balaban J connectivity index is 1.99. The highest BCUT2D eigenvalue weighted by Crippen LogP contribution is 2.08. The fourth-order valence-corrected chi connectivity index (χ4v) is 2.05. The molecule has 0 saturated carbocycles. The van der Waals surface area contributed by atoms with Gasteiger partial charge in [0.05, 0.1) is 6.61 Å². The van der Waals surface area contributed by atoms with Crippen LogP contribution in [0.25, 0.3) is 6.08 Å². The second kappa shape index (κ2) is 7.08. The van der Waals surface area contributed by atoms with Crippen molar-refractivity contribution >= 4 is 12.0 Å². The van der Waals surface area contributed by atoms with Crippen molar-refractivity contribution in [3.8, 4) is 5.75 Å². The van der Waals surface area contributed by atoms with Crippen molar-refractivity contribution in [2.24, 2.45) is 0 Å². The van der Waals surface area contributed by atoms with Crippen molar-refractivity contribution in [2.45, 2.75) is 6.92 Å². The quantitative estimate of drug-likeness (QED) is 0.769. The molecule has 1 aromatic rings. The highest BCUT2D eigenvalue weighted by atomic mass is 16.5. The van der Waals surface area contributed by atoms with Crippen LogP contribution in [0.1, 0.15) is 12.7 Å². The first kappa shape index (κ1) is 15.3. The number of rotatable bonds is 4. The van der Waals surface area contributed by atoms with E-state index in [1.54, 1.807) is 11.8 Å². The molecular formula is C15H20N2O4. The second-order valence-electron chi connectivity index (χ2n) is 4.91. The van der Waals surface area contributed by atoms with Gasteiger partial charge in [-0.05, 0) is 20.0 Å². The number of hydrogen-bond acceptors (Lipinski definition) is 5. The maximum absolute atomic E-state index is 12.0. The lowest BCUT2D eigenvalue weighted by molar-refractivity contribution is -0.127.